The van der Waals surface area contributed by atoms with Gasteiger partial charge in [0.1, 0.15) is 23.0 Å². The lowest BCUT2D eigenvalue weighted by Crippen LogP contribution is -2.16. The summed E-state index contributed by atoms with van der Waals surface area (Å²) in [5, 5.41) is 0. The largest absolute Gasteiger partial charge is 0.494 e. The van der Waals surface area contributed by atoms with Crippen LogP contribution >= 0.6 is 0 Å². The fourth-order valence-electron chi connectivity index (χ4n) is 11.2. The van der Waals surface area contributed by atoms with E-state index in [-0.39, 0.29) is 6.10 Å². The molecule has 7 aromatic rings. The Balaban J connectivity index is 1.20. The number of benzene rings is 4. The van der Waals surface area contributed by atoms with Crippen molar-refractivity contribution in [2.75, 3.05) is 81.7 Å². The molecule has 0 fully saturated rings. The quantitative estimate of drug-likeness (QED) is 0.0399. The minimum absolute atomic E-state index is 0.189. The number of unbranched alkanes of at least 4 members (excludes halogenated alkanes) is 7. The van der Waals surface area contributed by atoms with E-state index in [1.165, 1.54) is 32.1 Å². The topological polar surface area (TPSA) is 104 Å². The minimum atomic E-state index is 0.189. The second-order valence-corrected chi connectivity index (χ2v) is 23.4. The Labute approximate surface area is 500 Å². The van der Waals surface area contributed by atoms with Gasteiger partial charge in [0.05, 0.1) is 48.7 Å². The summed E-state index contributed by atoms with van der Waals surface area (Å²) in [4.78, 5) is 25.7. The van der Waals surface area contributed by atoms with Crippen LogP contribution in [0.4, 0.5) is 0 Å². The first-order valence-electron chi connectivity index (χ1n) is 31.1. The minimum Gasteiger partial charge on any atom is -0.494 e. The zero-order chi connectivity index (χ0) is 58.6. The Morgan fingerprint density at radius 3 is 0.976 bits per heavy atom. The maximum Gasteiger partial charge on any atom is 0.119 e. The van der Waals surface area contributed by atoms with E-state index < -0.39 is 0 Å². The highest BCUT2D eigenvalue weighted by molar-refractivity contribution is 6.00. The average molecular weight is 1130 g/mol. The second kappa shape index (κ2) is 30.9. The van der Waals surface area contributed by atoms with E-state index in [1.807, 2.05) is 0 Å². The third kappa shape index (κ3) is 16.9. The third-order valence-corrected chi connectivity index (χ3v) is 15.7. The summed E-state index contributed by atoms with van der Waals surface area (Å²) in [6.45, 7) is 9.64. The van der Waals surface area contributed by atoms with Crippen LogP contribution in [0.25, 0.3) is 90.9 Å². The van der Waals surface area contributed by atoms with Crippen molar-refractivity contribution in [2.45, 2.75) is 110 Å². The van der Waals surface area contributed by atoms with Crippen LogP contribution in [0.2, 0.25) is 0 Å². The molecule has 442 valence electrons. The fourth-order valence-corrected chi connectivity index (χ4v) is 11.2. The van der Waals surface area contributed by atoms with Gasteiger partial charge in [-0.3, -0.25) is 0 Å². The van der Waals surface area contributed by atoms with E-state index in [0.717, 1.165) is 190 Å². The molecule has 0 aliphatic carbocycles. The molecule has 0 saturated carbocycles. The number of aromatic nitrogens is 4. The number of H-pyrrole nitrogens is 2. The molecule has 11 nitrogen and oxygen atoms in total. The van der Waals surface area contributed by atoms with Crippen LogP contribution in [0.3, 0.4) is 0 Å². The Morgan fingerprint density at radius 1 is 0.345 bits per heavy atom. The number of nitrogens with one attached hydrogen (secondary N) is 2. The van der Waals surface area contributed by atoms with Gasteiger partial charge < -0.3 is 43.6 Å². The number of rotatable bonds is 32. The molecule has 2 aliphatic heterocycles. The van der Waals surface area contributed by atoms with Crippen LogP contribution in [-0.2, 0) is 0 Å². The summed E-state index contributed by atoms with van der Waals surface area (Å²) in [6.07, 6.45) is 24.5. The summed E-state index contributed by atoms with van der Waals surface area (Å²) in [5.74, 6) is 3.43. The van der Waals surface area contributed by atoms with Crippen molar-refractivity contribution in [3.05, 3.63) is 144 Å². The highest BCUT2D eigenvalue weighted by Gasteiger charge is 2.20. The normalized spacial score (nSPS) is 12.5. The molecule has 4 aromatic carbocycles. The number of hydrogen-bond acceptors (Lipinski definition) is 9. The molecule has 5 heterocycles. The van der Waals surface area contributed by atoms with Crippen LogP contribution in [0.15, 0.2) is 121 Å². The van der Waals surface area contributed by atoms with E-state index in [1.54, 1.807) is 0 Å². The summed E-state index contributed by atoms with van der Waals surface area (Å²) >= 11 is 0. The smallest absolute Gasteiger partial charge is 0.119 e. The number of nitrogens with zero attached hydrogens (tertiary/aromatic N) is 5. The first kappa shape index (κ1) is 61.1. The van der Waals surface area contributed by atoms with Crippen molar-refractivity contribution in [1.29, 1.82) is 0 Å². The lowest BCUT2D eigenvalue weighted by Gasteiger charge is -2.19. The van der Waals surface area contributed by atoms with Crippen LogP contribution in [-0.4, -0.2) is 122 Å². The molecule has 0 saturated heterocycles. The highest BCUT2D eigenvalue weighted by Crippen LogP contribution is 2.40. The van der Waals surface area contributed by atoms with Gasteiger partial charge in [0.15, 0.2) is 0 Å². The van der Waals surface area contributed by atoms with Gasteiger partial charge in [-0.2, -0.15) is 0 Å². The SMILES string of the molecule is CCCCCCCC(CCC)Oc1ccc(-c2c3nc(c(-c4ccc(OCCCCN(C)C)cc4)c4ccc([nH]4)c(-c4ccc(OCCCCN(C)C)cc4)c4nc(c(-c5ccc(OCCCCN(C)C)cc5)c5ccc2[nH]5)C=C4)C=C3)cc1. The predicted molar refractivity (Wildman–Crippen MR) is 353 cm³/mol. The van der Waals surface area contributed by atoms with Crippen LogP contribution in [0.1, 0.15) is 127 Å². The number of ether oxygens (including phenoxy) is 4. The fraction of sp³-hybridized carbons (Fsp3) is 0.397. The van der Waals surface area contributed by atoms with Gasteiger partial charge in [-0.25, -0.2) is 9.97 Å². The number of hydrogen-bond donors (Lipinski definition) is 2. The monoisotopic (exact) mass is 1130 g/mol. The van der Waals surface area contributed by atoms with Crippen molar-refractivity contribution >= 4 is 46.4 Å². The molecular weight excluding hydrogens is 1040 g/mol. The van der Waals surface area contributed by atoms with Crippen LogP contribution in [0.5, 0.6) is 23.0 Å². The van der Waals surface area contributed by atoms with Crippen LogP contribution < -0.4 is 18.9 Å². The Bertz CT molecular complexity index is 3350. The molecule has 2 N–H and O–H groups in total. The van der Waals surface area contributed by atoms with Gasteiger partial charge in [-0.15, -0.1) is 0 Å². The zero-order valence-corrected chi connectivity index (χ0v) is 51.4. The van der Waals surface area contributed by atoms with E-state index in [9.17, 15) is 0 Å². The second-order valence-electron chi connectivity index (χ2n) is 23.4. The maximum atomic E-state index is 6.76. The first-order valence-corrected chi connectivity index (χ1v) is 31.1. The van der Waals surface area contributed by atoms with Gasteiger partial charge in [-0.1, -0.05) is 94.5 Å². The third-order valence-electron chi connectivity index (χ3n) is 15.7. The Kier molecular flexibility index (Phi) is 22.5. The average Bonchev–Trinajstić information content (AvgIpc) is 3.74. The van der Waals surface area contributed by atoms with Crippen molar-refractivity contribution in [2.24, 2.45) is 0 Å². The molecule has 11 heteroatoms. The molecule has 2 aliphatic rings. The van der Waals surface area contributed by atoms with E-state index in [2.05, 4.69) is 226 Å². The Hall–Kier alpha value is -7.44. The molecule has 1 unspecified atom stereocenters. The van der Waals surface area contributed by atoms with Crippen molar-refractivity contribution in [1.82, 2.24) is 34.6 Å². The van der Waals surface area contributed by atoms with E-state index >= 15 is 0 Å². The van der Waals surface area contributed by atoms with Gasteiger partial charge >= 0.3 is 0 Å². The van der Waals surface area contributed by atoms with Crippen molar-refractivity contribution in [3.63, 3.8) is 0 Å². The van der Waals surface area contributed by atoms with Crippen molar-refractivity contribution < 1.29 is 18.9 Å². The molecule has 8 bridgehead atoms. The summed E-state index contributed by atoms with van der Waals surface area (Å²) in [5.41, 5.74) is 15.2. The van der Waals surface area contributed by atoms with Crippen LogP contribution in [0, 0.1) is 0 Å². The van der Waals surface area contributed by atoms with Crippen molar-refractivity contribution in [3.8, 4) is 67.5 Å². The standard InChI is InChI=1S/C73H91N7O4/c1-9-11-12-13-14-22-60(21-10-2)84-61-37-29-56(30-38-61)73-68-45-43-66(76-68)71(54-25-33-58(34-26-54)82-51-19-16-48-79(5)6)64-41-39-62(74-64)70(53-23-31-57(32-24-53)81-50-18-15-47-78(3)4)63-40-42-65(75-63)72(67-44-46-69(73)77-67)55-27-35-59(36-28-55)83-52-20-17-49-80(7)8/h23-46,60,74,77H,9-22,47-52H2,1-8H3. The number of aromatic amines is 2. The van der Waals surface area contributed by atoms with Gasteiger partial charge in [0.2, 0.25) is 0 Å². The lowest BCUT2D eigenvalue weighted by molar-refractivity contribution is 0.175. The predicted octanol–water partition coefficient (Wildman–Crippen LogP) is 17.4. The van der Waals surface area contributed by atoms with E-state index in [0.29, 0.717) is 19.8 Å². The van der Waals surface area contributed by atoms with E-state index in [4.69, 9.17) is 28.9 Å². The molecular formula is C73H91N7O4. The zero-order valence-electron chi connectivity index (χ0n) is 51.4. The summed E-state index contributed by atoms with van der Waals surface area (Å²) in [6, 6.07) is 42.9. The molecule has 3 aromatic heterocycles. The molecule has 1 atom stereocenters. The van der Waals surface area contributed by atoms with Gasteiger partial charge in [0, 0.05) is 44.3 Å². The molecule has 84 heavy (non-hydrogen) atoms. The van der Waals surface area contributed by atoms with Gasteiger partial charge in [-0.05, 0) is 239 Å². The molecule has 0 radical (unpaired) electrons. The molecule has 9 rings (SSSR count). The summed E-state index contributed by atoms with van der Waals surface area (Å²) < 4.78 is 25.6. The van der Waals surface area contributed by atoms with Gasteiger partial charge in [0.25, 0.3) is 0 Å². The summed E-state index contributed by atoms with van der Waals surface area (Å²) in [7, 11) is 12.7. The first-order chi connectivity index (χ1) is 41.0. The Morgan fingerprint density at radius 2 is 0.667 bits per heavy atom. The molecule has 0 amide bonds. The lowest BCUT2D eigenvalue weighted by atomic mass is 10.0. The number of fused-ring (bicyclic) bond motifs is 8. The molecule has 0 spiro atoms. The highest BCUT2D eigenvalue weighted by atomic mass is 16.5. The maximum absolute atomic E-state index is 6.76.